The fraction of sp³-hybridized carbons (Fsp3) is 0.167. The molecule has 0 aliphatic heterocycles. The molecule has 0 atom stereocenters. The molecule has 0 aliphatic carbocycles. The molecular formula is C18H18N2O4S. The number of aromatic nitrogens is 1. The highest BCUT2D eigenvalue weighted by molar-refractivity contribution is 7.89. The lowest BCUT2D eigenvalue weighted by Crippen LogP contribution is -2.24. The van der Waals surface area contributed by atoms with Crippen molar-refractivity contribution in [3.63, 3.8) is 0 Å². The number of hydrogen-bond donors (Lipinski definition) is 1. The third kappa shape index (κ3) is 3.89. The second-order valence-electron chi connectivity index (χ2n) is 5.52. The van der Waals surface area contributed by atoms with E-state index in [-0.39, 0.29) is 11.4 Å². The Balaban J connectivity index is 1.74. The van der Waals surface area contributed by atoms with Crippen molar-refractivity contribution in [3.05, 3.63) is 66.2 Å². The van der Waals surface area contributed by atoms with Gasteiger partial charge in [-0.15, -0.1) is 0 Å². The number of nitrogens with one attached hydrogen (secondary N) is 1. The van der Waals surface area contributed by atoms with Crippen LogP contribution in [0.1, 0.15) is 11.1 Å². The van der Waals surface area contributed by atoms with E-state index < -0.39 is 10.0 Å². The number of furan rings is 1. The quantitative estimate of drug-likeness (QED) is 0.732. The van der Waals surface area contributed by atoms with Crippen molar-refractivity contribution in [1.82, 2.24) is 9.71 Å². The number of aryl methyl sites for hydroxylation is 1. The van der Waals surface area contributed by atoms with E-state index in [0.717, 1.165) is 16.8 Å². The van der Waals surface area contributed by atoms with Gasteiger partial charge in [-0.25, -0.2) is 13.1 Å². The summed E-state index contributed by atoms with van der Waals surface area (Å²) in [6.45, 7) is 1.90. The Kier molecular flexibility index (Phi) is 4.87. The average molecular weight is 358 g/mol. The van der Waals surface area contributed by atoms with Gasteiger partial charge >= 0.3 is 0 Å². The Labute approximate surface area is 146 Å². The highest BCUT2D eigenvalue weighted by atomic mass is 32.2. The summed E-state index contributed by atoms with van der Waals surface area (Å²) in [5.74, 6) is 0.497. The van der Waals surface area contributed by atoms with Crippen LogP contribution >= 0.6 is 0 Å². The minimum absolute atomic E-state index is 0.150. The zero-order valence-electron chi connectivity index (χ0n) is 13.9. The number of sulfonamides is 1. The van der Waals surface area contributed by atoms with E-state index in [4.69, 9.17) is 9.15 Å². The van der Waals surface area contributed by atoms with Crippen LogP contribution in [0.25, 0.3) is 11.3 Å². The smallest absolute Gasteiger partial charge is 0.241 e. The van der Waals surface area contributed by atoms with Crippen molar-refractivity contribution in [2.75, 3.05) is 7.11 Å². The van der Waals surface area contributed by atoms with Gasteiger partial charge in [-0.2, -0.15) is 0 Å². The molecular weight excluding hydrogens is 340 g/mol. The molecule has 2 heterocycles. The normalized spacial score (nSPS) is 11.4. The molecule has 0 radical (unpaired) electrons. The third-order valence-corrected chi connectivity index (χ3v) is 5.34. The lowest BCUT2D eigenvalue weighted by molar-refractivity contribution is 0.413. The Morgan fingerprint density at radius 1 is 1.20 bits per heavy atom. The first-order valence-corrected chi connectivity index (χ1v) is 9.10. The van der Waals surface area contributed by atoms with Crippen molar-refractivity contribution < 1.29 is 17.6 Å². The highest BCUT2D eigenvalue weighted by Gasteiger charge is 2.17. The number of nitrogens with zero attached hydrogens (tertiary/aromatic N) is 1. The maximum Gasteiger partial charge on any atom is 0.241 e. The first-order valence-electron chi connectivity index (χ1n) is 7.61. The number of ether oxygens (including phenoxy) is 1. The zero-order valence-corrected chi connectivity index (χ0v) is 14.7. The predicted octanol–water partition coefficient (Wildman–Crippen LogP) is 3.14. The van der Waals surface area contributed by atoms with Crippen LogP contribution in [0, 0.1) is 6.92 Å². The van der Waals surface area contributed by atoms with Gasteiger partial charge in [-0.3, -0.25) is 4.98 Å². The molecule has 1 aromatic carbocycles. The van der Waals surface area contributed by atoms with Crippen molar-refractivity contribution in [2.24, 2.45) is 0 Å². The van der Waals surface area contributed by atoms with Gasteiger partial charge in [0, 0.05) is 24.4 Å². The molecule has 0 saturated heterocycles. The first kappa shape index (κ1) is 17.2. The number of hydrogen-bond acceptors (Lipinski definition) is 5. The summed E-state index contributed by atoms with van der Waals surface area (Å²) in [5, 5.41) is 0. The van der Waals surface area contributed by atoms with E-state index in [0.29, 0.717) is 11.3 Å². The van der Waals surface area contributed by atoms with Crippen LogP contribution in [-0.2, 0) is 16.6 Å². The number of rotatable bonds is 6. The minimum atomic E-state index is -3.65. The van der Waals surface area contributed by atoms with Crippen molar-refractivity contribution >= 4 is 10.0 Å². The van der Waals surface area contributed by atoms with E-state index >= 15 is 0 Å². The number of methoxy groups -OCH3 is 1. The standard InChI is InChI=1S/C18H18N2O4S/c1-13-3-5-16(23-2)9-18(13)25(21,22)20-11-14-4-6-17(19-10-14)15-7-8-24-12-15/h3-10,12,20H,11H2,1-2H3. The van der Waals surface area contributed by atoms with E-state index in [1.165, 1.54) is 13.2 Å². The maximum absolute atomic E-state index is 12.5. The minimum Gasteiger partial charge on any atom is -0.497 e. The summed E-state index contributed by atoms with van der Waals surface area (Å²) < 4.78 is 37.8. The fourth-order valence-corrected chi connectivity index (χ4v) is 3.64. The van der Waals surface area contributed by atoms with Gasteiger partial charge in [0.15, 0.2) is 0 Å². The molecule has 0 saturated carbocycles. The summed E-state index contributed by atoms with van der Waals surface area (Å²) in [6, 6.07) is 10.4. The predicted molar refractivity (Wildman–Crippen MR) is 93.7 cm³/mol. The molecule has 3 rings (SSSR count). The number of pyridine rings is 1. The molecule has 7 heteroatoms. The summed E-state index contributed by atoms with van der Waals surface area (Å²) in [5.41, 5.74) is 3.06. The molecule has 2 aromatic heterocycles. The fourth-order valence-electron chi connectivity index (χ4n) is 2.36. The van der Waals surface area contributed by atoms with Crippen LogP contribution < -0.4 is 9.46 Å². The lowest BCUT2D eigenvalue weighted by Gasteiger charge is -2.11. The molecule has 0 fully saturated rings. The van der Waals surface area contributed by atoms with Gasteiger partial charge in [-0.05, 0) is 36.2 Å². The van der Waals surface area contributed by atoms with Gasteiger partial charge in [0.25, 0.3) is 0 Å². The molecule has 3 aromatic rings. The number of benzene rings is 1. The van der Waals surface area contributed by atoms with Crippen LogP contribution in [0.4, 0.5) is 0 Å². The molecule has 6 nitrogen and oxygen atoms in total. The topological polar surface area (TPSA) is 81.4 Å². The van der Waals surface area contributed by atoms with Crippen LogP contribution in [0.15, 0.2) is 64.4 Å². The average Bonchev–Trinajstić information content (AvgIpc) is 3.15. The highest BCUT2D eigenvalue weighted by Crippen LogP contribution is 2.22. The Bertz CT molecular complexity index is 949. The monoisotopic (exact) mass is 358 g/mol. The molecule has 0 bridgehead atoms. The summed E-state index contributed by atoms with van der Waals surface area (Å²) in [6.07, 6.45) is 4.83. The van der Waals surface area contributed by atoms with Gasteiger partial charge in [0.2, 0.25) is 10.0 Å². The lowest BCUT2D eigenvalue weighted by atomic mass is 10.2. The Hall–Kier alpha value is -2.64. The second kappa shape index (κ2) is 7.08. The Morgan fingerprint density at radius 2 is 2.04 bits per heavy atom. The van der Waals surface area contributed by atoms with E-state index in [2.05, 4.69) is 9.71 Å². The molecule has 25 heavy (non-hydrogen) atoms. The second-order valence-corrected chi connectivity index (χ2v) is 7.26. The van der Waals surface area contributed by atoms with Crippen molar-refractivity contribution in [2.45, 2.75) is 18.4 Å². The van der Waals surface area contributed by atoms with Gasteiger partial charge < -0.3 is 9.15 Å². The molecule has 0 aliphatic rings. The van der Waals surface area contributed by atoms with Crippen LogP contribution in [0.5, 0.6) is 5.75 Å². The molecule has 0 amide bonds. The molecule has 130 valence electrons. The SMILES string of the molecule is COc1ccc(C)c(S(=O)(=O)NCc2ccc(-c3ccoc3)nc2)c1. The largest absolute Gasteiger partial charge is 0.497 e. The first-order chi connectivity index (χ1) is 12.0. The Morgan fingerprint density at radius 3 is 2.68 bits per heavy atom. The van der Waals surface area contributed by atoms with Gasteiger partial charge in [0.05, 0.1) is 30.2 Å². The van der Waals surface area contributed by atoms with E-state index in [1.54, 1.807) is 37.8 Å². The third-order valence-electron chi connectivity index (χ3n) is 3.79. The van der Waals surface area contributed by atoms with E-state index in [1.807, 2.05) is 18.2 Å². The van der Waals surface area contributed by atoms with Crippen LogP contribution in [0.3, 0.4) is 0 Å². The van der Waals surface area contributed by atoms with Gasteiger partial charge in [-0.1, -0.05) is 12.1 Å². The molecule has 0 spiro atoms. The van der Waals surface area contributed by atoms with E-state index in [9.17, 15) is 8.42 Å². The zero-order chi connectivity index (χ0) is 17.9. The maximum atomic E-state index is 12.5. The summed E-state index contributed by atoms with van der Waals surface area (Å²) >= 11 is 0. The van der Waals surface area contributed by atoms with Crippen molar-refractivity contribution in [1.29, 1.82) is 0 Å². The molecule has 1 N–H and O–H groups in total. The van der Waals surface area contributed by atoms with Crippen LogP contribution in [0.2, 0.25) is 0 Å². The van der Waals surface area contributed by atoms with Crippen molar-refractivity contribution in [3.8, 4) is 17.0 Å². The van der Waals surface area contributed by atoms with Gasteiger partial charge in [0.1, 0.15) is 5.75 Å². The molecule has 0 unspecified atom stereocenters. The summed E-state index contributed by atoms with van der Waals surface area (Å²) in [7, 11) is -2.15. The van der Waals surface area contributed by atoms with Crippen LogP contribution in [-0.4, -0.2) is 20.5 Å². The summed E-state index contributed by atoms with van der Waals surface area (Å²) in [4.78, 5) is 4.53.